The summed E-state index contributed by atoms with van der Waals surface area (Å²) in [5.74, 6) is 1.06. The van der Waals surface area contributed by atoms with Gasteiger partial charge in [-0.3, -0.25) is 0 Å². The van der Waals surface area contributed by atoms with Crippen molar-refractivity contribution in [3.63, 3.8) is 0 Å². The summed E-state index contributed by atoms with van der Waals surface area (Å²) in [7, 11) is -3.31. The van der Waals surface area contributed by atoms with Gasteiger partial charge in [-0.15, -0.1) is 0 Å². The van der Waals surface area contributed by atoms with Crippen molar-refractivity contribution < 1.29 is 18.3 Å². The summed E-state index contributed by atoms with van der Waals surface area (Å²) in [5.41, 5.74) is 0.0909. The van der Waals surface area contributed by atoms with E-state index in [0.29, 0.717) is 11.7 Å². The molecule has 4 nitrogen and oxygen atoms in total. The zero-order chi connectivity index (χ0) is 14.5. The van der Waals surface area contributed by atoms with Crippen molar-refractivity contribution in [2.75, 3.05) is 17.3 Å². The molecule has 0 radical (unpaired) electrons. The summed E-state index contributed by atoms with van der Waals surface area (Å²) in [6, 6.07) is 5.34. The van der Waals surface area contributed by atoms with Crippen LogP contribution >= 0.6 is 11.8 Å². The minimum absolute atomic E-state index is 0.0802. The van der Waals surface area contributed by atoms with Crippen LogP contribution in [0.15, 0.2) is 29.2 Å². The first-order valence-electron chi connectivity index (χ1n) is 5.97. The fourth-order valence-electron chi connectivity index (χ4n) is 1.41. The highest BCUT2D eigenvalue weighted by molar-refractivity contribution is 8.00. The Labute approximate surface area is 118 Å². The summed E-state index contributed by atoms with van der Waals surface area (Å²) in [6.45, 7) is 4.18. The molecule has 0 aliphatic carbocycles. The van der Waals surface area contributed by atoms with Gasteiger partial charge in [-0.2, -0.15) is 11.8 Å². The van der Waals surface area contributed by atoms with E-state index < -0.39 is 15.8 Å². The molecule has 0 aromatic heterocycles. The third-order valence-electron chi connectivity index (χ3n) is 2.41. The topological polar surface area (TPSA) is 71.4 Å². The molecule has 0 spiro atoms. The molecule has 1 aromatic rings. The molecule has 0 atom stereocenters. The van der Waals surface area contributed by atoms with Crippen molar-refractivity contribution in [2.45, 2.75) is 18.7 Å². The van der Waals surface area contributed by atoms with Crippen LogP contribution in [0.5, 0.6) is 0 Å². The number of carboxylic acid groups (broad SMARTS) is 1. The first-order valence-corrected chi connectivity index (χ1v) is 8.77. The molecule has 106 valence electrons. The molecule has 0 aliphatic rings. The minimum atomic E-state index is -3.31. The fraction of sp³-hybridized carbons (Fsp3) is 0.462. The second-order valence-corrected chi connectivity index (χ2v) is 7.88. The van der Waals surface area contributed by atoms with Gasteiger partial charge in [-0.05, 0) is 35.9 Å². The van der Waals surface area contributed by atoms with Crippen molar-refractivity contribution in [3.05, 3.63) is 29.8 Å². The second-order valence-electron chi connectivity index (χ2n) is 4.62. The molecule has 1 N–H and O–H groups in total. The summed E-state index contributed by atoms with van der Waals surface area (Å²) in [5, 5.41) is 8.75. The maximum atomic E-state index is 12.0. The quantitative estimate of drug-likeness (QED) is 0.784. The number of rotatable bonds is 7. The summed E-state index contributed by atoms with van der Waals surface area (Å²) < 4.78 is 24.0. The smallest absolute Gasteiger partial charge is 0.335 e. The maximum absolute atomic E-state index is 12.0. The molecule has 1 aromatic carbocycles. The minimum Gasteiger partial charge on any atom is -0.478 e. The normalized spacial score (nSPS) is 11.7. The average molecular weight is 302 g/mol. The average Bonchev–Trinajstić information content (AvgIpc) is 2.34. The SMILES string of the molecule is CC(C)CSCCS(=O)(=O)c1ccc(C(=O)O)cc1. The second kappa shape index (κ2) is 6.96. The molecular formula is C13H18O4S2. The lowest BCUT2D eigenvalue weighted by atomic mass is 10.2. The largest absolute Gasteiger partial charge is 0.478 e. The number of benzene rings is 1. The molecule has 0 saturated carbocycles. The predicted octanol–water partition coefficient (Wildman–Crippen LogP) is 2.55. The van der Waals surface area contributed by atoms with Crippen LogP contribution in [0.3, 0.4) is 0 Å². The lowest BCUT2D eigenvalue weighted by Crippen LogP contribution is -2.10. The molecule has 19 heavy (non-hydrogen) atoms. The van der Waals surface area contributed by atoms with Gasteiger partial charge in [0.05, 0.1) is 16.2 Å². The molecule has 0 fully saturated rings. The molecule has 0 aliphatic heterocycles. The number of sulfone groups is 1. The molecule has 0 bridgehead atoms. The Kier molecular flexibility index (Phi) is 5.87. The molecule has 1 rings (SSSR count). The number of aromatic carboxylic acids is 1. The highest BCUT2D eigenvalue weighted by Gasteiger charge is 2.15. The van der Waals surface area contributed by atoms with E-state index in [9.17, 15) is 13.2 Å². The van der Waals surface area contributed by atoms with Crippen LogP contribution in [0.4, 0.5) is 0 Å². The molecule has 0 heterocycles. The first kappa shape index (κ1) is 16.0. The van der Waals surface area contributed by atoms with Crippen molar-refractivity contribution in [1.82, 2.24) is 0 Å². The Bertz CT molecular complexity index is 518. The van der Waals surface area contributed by atoms with Gasteiger partial charge in [0, 0.05) is 5.75 Å². The molecule has 0 amide bonds. The van der Waals surface area contributed by atoms with Gasteiger partial charge in [0.1, 0.15) is 0 Å². The van der Waals surface area contributed by atoms with E-state index in [1.807, 2.05) is 0 Å². The van der Waals surface area contributed by atoms with E-state index in [0.717, 1.165) is 5.75 Å². The third-order valence-corrected chi connectivity index (χ3v) is 5.79. The summed E-state index contributed by atoms with van der Waals surface area (Å²) in [4.78, 5) is 10.9. The van der Waals surface area contributed by atoms with Gasteiger partial charge in [0.15, 0.2) is 9.84 Å². The van der Waals surface area contributed by atoms with Crippen molar-refractivity contribution in [2.24, 2.45) is 5.92 Å². The number of thioether (sulfide) groups is 1. The molecular weight excluding hydrogens is 284 g/mol. The number of carboxylic acids is 1. The van der Waals surface area contributed by atoms with Crippen LogP contribution in [-0.4, -0.2) is 36.8 Å². The van der Waals surface area contributed by atoms with E-state index in [4.69, 9.17) is 5.11 Å². The van der Waals surface area contributed by atoms with Crippen LogP contribution in [0.2, 0.25) is 0 Å². The van der Waals surface area contributed by atoms with Gasteiger partial charge >= 0.3 is 5.97 Å². The highest BCUT2D eigenvalue weighted by Crippen LogP contribution is 2.15. The van der Waals surface area contributed by atoms with Crippen molar-refractivity contribution in [3.8, 4) is 0 Å². The van der Waals surface area contributed by atoms with E-state index in [2.05, 4.69) is 13.8 Å². The lowest BCUT2D eigenvalue weighted by Gasteiger charge is -2.06. The van der Waals surface area contributed by atoms with Gasteiger partial charge in [-0.1, -0.05) is 13.8 Å². The van der Waals surface area contributed by atoms with Crippen molar-refractivity contribution >= 4 is 27.6 Å². The standard InChI is InChI=1S/C13H18O4S2/c1-10(2)9-18-7-8-19(16,17)12-5-3-11(4-6-12)13(14)15/h3-6,10H,7-9H2,1-2H3,(H,14,15). The van der Waals surface area contributed by atoms with Crippen LogP contribution in [0.1, 0.15) is 24.2 Å². The highest BCUT2D eigenvalue weighted by atomic mass is 32.2. The molecule has 0 unspecified atom stereocenters. The van der Waals surface area contributed by atoms with E-state index in [-0.39, 0.29) is 16.2 Å². The number of hydrogen-bond donors (Lipinski definition) is 1. The Morgan fingerprint density at radius 3 is 2.32 bits per heavy atom. The molecule has 0 saturated heterocycles. The van der Waals surface area contributed by atoms with Gasteiger partial charge in [-0.25, -0.2) is 13.2 Å². The monoisotopic (exact) mass is 302 g/mol. The van der Waals surface area contributed by atoms with Crippen LogP contribution < -0.4 is 0 Å². The van der Waals surface area contributed by atoms with Crippen LogP contribution in [0.25, 0.3) is 0 Å². The lowest BCUT2D eigenvalue weighted by molar-refractivity contribution is 0.0697. The maximum Gasteiger partial charge on any atom is 0.335 e. The van der Waals surface area contributed by atoms with Crippen molar-refractivity contribution in [1.29, 1.82) is 0 Å². The first-order chi connectivity index (χ1) is 8.83. The Morgan fingerprint density at radius 1 is 1.26 bits per heavy atom. The summed E-state index contributed by atoms with van der Waals surface area (Å²) >= 11 is 1.62. The van der Waals surface area contributed by atoms with Crippen LogP contribution in [0, 0.1) is 5.92 Å². The summed E-state index contributed by atoms with van der Waals surface area (Å²) in [6.07, 6.45) is 0. The van der Waals surface area contributed by atoms with Crippen LogP contribution in [-0.2, 0) is 9.84 Å². The van der Waals surface area contributed by atoms with Gasteiger partial charge in [0.25, 0.3) is 0 Å². The third kappa shape index (κ3) is 5.24. The zero-order valence-corrected chi connectivity index (χ0v) is 12.6. The van der Waals surface area contributed by atoms with E-state index in [1.165, 1.54) is 24.3 Å². The number of carbonyl (C=O) groups is 1. The molecule has 6 heteroatoms. The Balaban J connectivity index is 2.64. The number of hydrogen-bond acceptors (Lipinski definition) is 4. The van der Waals surface area contributed by atoms with Gasteiger partial charge in [0.2, 0.25) is 0 Å². The Hall–Kier alpha value is -1.01. The Morgan fingerprint density at radius 2 is 1.84 bits per heavy atom. The van der Waals surface area contributed by atoms with Gasteiger partial charge < -0.3 is 5.11 Å². The van der Waals surface area contributed by atoms with E-state index in [1.54, 1.807) is 11.8 Å². The fourth-order valence-corrected chi connectivity index (χ4v) is 4.18. The zero-order valence-electron chi connectivity index (χ0n) is 11.0. The van der Waals surface area contributed by atoms with E-state index >= 15 is 0 Å². The predicted molar refractivity (Wildman–Crippen MR) is 77.6 cm³/mol.